The van der Waals surface area contributed by atoms with Crippen molar-refractivity contribution < 1.29 is 14.7 Å². The summed E-state index contributed by atoms with van der Waals surface area (Å²) in [5, 5.41) is 9.54. The van der Waals surface area contributed by atoms with E-state index in [-0.39, 0.29) is 12.1 Å². The van der Waals surface area contributed by atoms with Crippen LogP contribution in [0.2, 0.25) is 0 Å². The maximum atomic E-state index is 12.5. The standard InChI is InChI=1S/C12H20N2O3S/c1-8-9(2)18-7-6-13(8)12(17)14-5-3-4-10(14)11(15)16/h8-10H,3-7H2,1-2H3,(H,15,16)/t8?,9?,10-/m0/s1. The molecule has 0 aliphatic carbocycles. The van der Waals surface area contributed by atoms with Gasteiger partial charge in [-0.1, -0.05) is 6.92 Å². The number of hydrogen-bond acceptors (Lipinski definition) is 3. The van der Waals surface area contributed by atoms with Crippen molar-refractivity contribution in [3.8, 4) is 0 Å². The normalized spacial score (nSPS) is 32.7. The van der Waals surface area contributed by atoms with E-state index in [1.165, 1.54) is 4.90 Å². The van der Waals surface area contributed by atoms with Crippen LogP contribution in [0.15, 0.2) is 0 Å². The number of aliphatic carboxylic acids is 1. The molecule has 18 heavy (non-hydrogen) atoms. The van der Waals surface area contributed by atoms with Crippen LogP contribution in [-0.2, 0) is 4.79 Å². The van der Waals surface area contributed by atoms with Crippen LogP contribution in [-0.4, -0.2) is 63.1 Å². The maximum absolute atomic E-state index is 12.5. The van der Waals surface area contributed by atoms with Crippen LogP contribution in [0.25, 0.3) is 0 Å². The van der Waals surface area contributed by atoms with E-state index in [0.29, 0.717) is 18.2 Å². The SMILES string of the molecule is CC1SCCN(C(=O)N2CCC[C@H]2C(=O)O)C1C. The molecule has 0 spiro atoms. The van der Waals surface area contributed by atoms with E-state index in [1.807, 2.05) is 23.6 Å². The van der Waals surface area contributed by atoms with Gasteiger partial charge in [-0.2, -0.15) is 11.8 Å². The third-order valence-electron chi connectivity index (χ3n) is 3.91. The molecule has 0 bridgehead atoms. The van der Waals surface area contributed by atoms with E-state index in [9.17, 15) is 9.59 Å². The van der Waals surface area contributed by atoms with Gasteiger partial charge in [0.2, 0.25) is 0 Å². The van der Waals surface area contributed by atoms with Crippen LogP contribution in [0.5, 0.6) is 0 Å². The zero-order valence-electron chi connectivity index (χ0n) is 10.8. The number of likely N-dealkylation sites (tertiary alicyclic amines) is 1. The smallest absolute Gasteiger partial charge is 0.326 e. The maximum Gasteiger partial charge on any atom is 0.326 e. The minimum atomic E-state index is -0.882. The van der Waals surface area contributed by atoms with E-state index < -0.39 is 12.0 Å². The molecule has 1 N–H and O–H groups in total. The second-order valence-corrected chi connectivity index (χ2v) is 6.47. The molecular weight excluding hydrogens is 252 g/mol. The van der Waals surface area contributed by atoms with E-state index in [4.69, 9.17) is 5.11 Å². The number of nitrogens with zero attached hydrogens (tertiary/aromatic N) is 2. The predicted octanol–water partition coefficient (Wildman–Crippen LogP) is 1.48. The van der Waals surface area contributed by atoms with Crippen molar-refractivity contribution in [1.29, 1.82) is 0 Å². The number of hydrogen-bond donors (Lipinski definition) is 1. The van der Waals surface area contributed by atoms with Crippen LogP contribution >= 0.6 is 11.8 Å². The molecule has 2 fully saturated rings. The second-order valence-electron chi connectivity index (χ2n) is 4.98. The highest BCUT2D eigenvalue weighted by atomic mass is 32.2. The van der Waals surface area contributed by atoms with Gasteiger partial charge in [0.1, 0.15) is 6.04 Å². The summed E-state index contributed by atoms with van der Waals surface area (Å²) >= 11 is 1.87. The quantitative estimate of drug-likeness (QED) is 0.785. The van der Waals surface area contributed by atoms with Gasteiger partial charge in [-0.05, 0) is 19.8 Å². The Labute approximate surface area is 112 Å². The molecule has 0 radical (unpaired) electrons. The molecule has 0 aromatic carbocycles. The van der Waals surface area contributed by atoms with Crippen LogP contribution < -0.4 is 0 Å². The number of carbonyl (C=O) groups is 2. The second kappa shape index (κ2) is 5.38. The third-order valence-corrected chi connectivity index (χ3v) is 5.25. The zero-order valence-corrected chi connectivity index (χ0v) is 11.7. The first-order chi connectivity index (χ1) is 8.52. The lowest BCUT2D eigenvalue weighted by Crippen LogP contribution is -2.55. The molecule has 3 atom stereocenters. The Balaban J connectivity index is 2.08. The number of amides is 2. The number of rotatable bonds is 1. The fraction of sp³-hybridized carbons (Fsp3) is 0.833. The van der Waals surface area contributed by atoms with Crippen molar-refractivity contribution >= 4 is 23.8 Å². The largest absolute Gasteiger partial charge is 0.480 e. The number of carboxylic acid groups (broad SMARTS) is 1. The Hall–Kier alpha value is -0.910. The van der Waals surface area contributed by atoms with Crippen LogP contribution in [0.3, 0.4) is 0 Å². The summed E-state index contributed by atoms with van der Waals surface area (Å²) < 4.78 is 0. The van der Waals surface area contributed by atoms with Gasteiger partial charge in [-0.15, -0.1) is 0 Å². The fourth-order valence-corrected chi connectivity index (χ4v) is 3.72. The van der Waals surface area contributed by atoms with E-state index in [0.717, 1.165) is 18.7 Å². The lowest BCUT2D eigenvalue weighted by molar-refractivity contribution is -0.141. The highest BCUT2D eigenvalue weighted by Crippen LogP contribution is 2.27. The molecule has 0 aromatic heterocycles. The Morgan fingerprint density at radius 1 is 1.22 bits per heavy atom. The molecular formula is C12H20N2O3S. The molecule has 2 aliphatic rings. The van der Waals surface area contributed by atoms with Crippen molar-refractivity contribution in [3.63, 3.8) is 0 Å². The summed E-state index contributed by atoms with van der Waals surface area (Å²) in [6.45, 7) is 5.45. The molecule has 5 nitrogen and oxygen atoms in total. The molecule has 6 heteroatoms. The monoisotopic (exact) mass is 272 g/mol. The molecule has 102 valence electrons. The number of thioether (sulfide) groups is 1. The van der Waals surface area contributed by atoms with Crippen molar-refractivity contribution in [2.75, 3.05) is 18.8 Å². The molecule has 2 rings (SSSR count). The van der Waals surface area contributed by atoms with E-state index in [2.05, 4.69) is 6.92 Å². The van der Waals surface area contributed by atoms with Gasteiger partial charge >= 0.3 is 12.0 Å². The lowest BCUT2D eigenvalue weighted by atomic mass is 10.2. The number of urea groups is 1. The van der Waals surface area contributed by atoms with Gasteiger partial charge < -0.3 is 14.9 Å². The summed E-state index contributed by atoms with van der Waals surface area (Å²) in [6.07, 6.45) is 1.36. The summed E-state index contributed by atoms with van der Waals surface area (Å²) in [6, 6.07) is -0.555. The first kappa shape index (κ1) is 13.5. The Morgan fingerprint density at radius 2 is 1.94 bits per heavy atom. The molecule has 2 amide bonds. The summed E-state index contributed by atoms with van der Waals surface area (Å²) in [5.74, 6) is 0.0518. The lowest BCUT2D eigenvalue weighted by Gasteiger charge is -2.40. The van der Waals surface area contributed by atoms with Crippen molar-refractivity contribution in [2.24, 2.45) is 0 Å². The number of carboxylic acids is 1. The molecule has 2 saturated heterocycles. The van der Waals surface area contributed by atoms with Crippen molar-refractivity contribution in [3.05, 3.63) is 0 Å². The van der Waals surface area contributed by atoms with Gasteiger partial charge in [0.15, 0.2) is 0 Å². The Bertz CT molecular complexity index is 350. The highest BCUT2D eigenvalue weighted by Gasteiger charge is 2.39. The average molecular weight is 272 g/mol. The van der Waals surface area contributed by atoms with Gasteiger partial charge in [0.05, 0.1) is 0 Å². The van der Waals surface area contributed by atoms with Crippen LogP contribution in [0.1, 0.15) is 26.7 Å². The first-order valence-corrected chi connectivity index (χ1v) is 7.49. The van der Waals surface area contributed by atoms with E-state index >= 15 is 0 Å². The van der Waals surface area contributed by atoms with Crippen LogP contribution in [0, 0.1) is 0 Å². The van der Waals surface area contributed by atoms with Gasteiger partial charge in [-0.3, -0.25) is 0 Å². The first-order valence-electron chi connectivity index (χ1n) is 6.44. The average Bonchev–Trinajstić information content (AvgIpc) is 2.81. The molecule has 0 saturated carbocycles. The fourth-order valence-electron chi connectivity index (χ4n) is 2.62. The third kappa shape index (κ3) is 2.43. The van der Waals surface area contributed by atoms with E-state index in [1.54, 1.807) is 0 Å². The van der Waals surface area contributed by atoms with Gasteiger partial charge in [0, 0.05) is 30.1 Å². The number of carbonyl (C=O) groups excluding carboxylic acids is 1. The van der Waals surface area contributed by atoms with Gasteiger partial charge in [-0.25, -0.2) is 9.59 Å². The summed E-state index contributed by atoms with van der Waals surface area (Å²) in [4.78, 5) is 26.9. The molecule has 0 aromatic rings. The molecule has 2 unspecified atom stereocenters. The molecule has 2 aliphatic heterocycles. The van der Waals surface area contributed by atoms with Crippen molar-refractivity contribution in [2.45, 2.75) is 44.0 Å². The topological polar surface area (TPSA) is 60.9 Å². The minimum Gasteiger partial charge on any atom is -0.480 e. The summed E-state index contributed by atoms with van der Waals surface area (Å²) in [7, 11) is 0. The molecule has 2 heterocycles. The highest BCUT2D eigenvalue weighted by molar-refractivity contribution is 8.00. The van der Waals surface area contributed by atoms with Crippen molar-refractivity contribution in [1.82, 2.24) is 9.80 Å². The Kier molecular flexibility index (Phi) is 4.04. The predicted molar refractivity (Wildman–Crippen MR) is 70.8 cm³/mol. The minimum absolute atomic E-state index is 0.0976. The van der Waals surface area contributed by atoms with Crippen LogP contribution in [0.4, 0.5) is 4.79 Å². The van der Waals surface area contributed by atoms with Gasteiger partial charge in [0.25, 0.3) is 0 Å². The zero-order chi connectivity index (χ0) is 13.3. The Morgan fingerprint density at radius 3 is 2.61 bits per heavy atom. The summed E-state index contributed by atoms with van der Waals surface area (Å²) in [5.41, 5.74) is 0.